The molecule has 0 aromatic carbocycles. The molecule has 0 N–H and O–H groups in total. The molecule has 0 atom stereocenters. The van der Waals surface area contributed by atoms with E-state index in [-0.39, 0.29) is 0 Å². The van der Waals surface area contributed by atoms with Crippen LogP contribution < -0.4 is 0 Å². The molecule has 2 fully saturated rings. The topological polar surface area (TPSA) is 42.9 Å². The van der Waals surface area contributed by atoms with Crippen LogP contribution in [0, 0.1) is 0 Å². The van der Waals surface area contributed by atoms with Gasteiger partial charge >= 0.3 is 0 Å². The number of ketones is 1. The van der Waals surface area contributed by atoms with Crippen molar-refractivity contribution >= 4 is 29.0 Å². The first-order chi connectivity index (χ1) is 12.6. The van der Waals surface area contributed by atoms with Gasteiger partial charge in [-0.2, -0.15) is 0 Å². The van der Waals surface area contributed by atoms with E-state index in [0.717, 1.165) is 62.5 Å². The summed E-state index contributed by atoms with van der Waals surface area (Å²) in [6.45, 7) is 0. The summed E-state index contributed by atoms with van der Waals surface area (Å²) < 4.78 is 0. The molecule has 0 radical (unpaired) electrons. The molecule has 2 aromatic rings. The van der Waals surface area contributed by atoms with Gasteiger partial charge in [0.2, 0.25) is 0 Å². The van der Waals surface area contributed by atoms with Crippen molar-refractivity contribution in [1.82, 2.24) is 9.97 Å². The predicted octanol–water partition coefficient (Wildman–Crippen LogP) is 5.68. The molecule has 0 aliphatic heterocycles. The van der Waals surface area contributed by atoms with Crippen LogP contribution in [0.3, 0.4) is 0 Å². The summed E-state index contributed by atoms with van der Waals surface area (Å²) in [5, 5.41) is 1.19. The maximum atomic E-state index is 14.2. The van der Waals surface area contributed by atoms with Crippen molar-refractivity contribution in [2.75, 3.05) is 0 Å². The average Bonchev–Trinajstić information content (AvgIpc) is 3.33. The SMILES string of the molecule is O=C(C1(c2ccncc2Cl)CCCC1)C1(c2ccncc2Cl)CCCC1. The molecule has 2 aliphatic carbocycles. The third-order valence-electron chi connectivity index (χ3n) is 6.36. The number of halogens is 2. The van der Waals surface area contributed by atoms with Gasteiger partial charge in [0.1, 0.15) is 0 Å². The lowest BCUT2D eigenvalue weighted by Gasteiger charge is -2.39. The molecule has 3 nitrogen and oxygen atoms in total. The zero-order valence-corrected chi connectivity index (χ0v) is 16.2. The molecule has 0 spiro atoms. The lowest BCUT2D eigenvalue weighted by Crippen LogP contribution is -2.47. The van der Waals surface area contributed by atoms with Gasteiger partial charge in [-0.3, -0.25) is 14.8 Å². The van der Waals surface area contributed by atoms with Gasteiger partial charge < -0.3 is 0 Å². The zero-order valence-electron chi connectivity index (χ0n) is 14.7. The number of carbonyl (C=O) groups is 1. The van der Waals surface area contributed by atoms with Crippen molar-refractivity contribution in [3.63, 3.8) is 0 Å². The fourth-order valence-electron chi connectivity index (χ4n) is 5.18. The Morgan fingerprint density at radius 2 is 1.15 bits per heavy atom. The molecule has 4 rings (SSSR count). The maximum Gasteiger partial charge on any atom is 0.153 e. The Kier molecular flexibility index (Phi) is 4.79. The molecule has 5 heteroatoms. The molecule has 26 heavy (non-hydrogen) atoms. The number of rotatable bonds is 4. The van der Waals surface area contributed by atoms with Crippen LogP contribution in [0.2, 0.25) is 10.0 Å². The molecule has 0 amide bonds. The van der Waals surface area contributed by atoms with E-state index in [1.165, 1.54) is 0 Å². The van der Waals surface area contributed by atoms with Gasteiger partial charge in [0, 0.05) is 24.8 Å². The molecule has 0 unspecified atom stereocenters. The van der Waals surface area contributed by atoms with Gasteiger partial charge in [-0.05, 0) is 48.9 Å². The van der Waals surface area contributed by atoms with Crippen molar-refractivity contribution in [3.05, 3.63) is 58.1 Å². The van der Waals surface area contributed by atoms with Gasteiger partial charge in [-0.1, -0.05) is 48.9 Å². The molecule has 2 saturated carbocycles. The third-order valence-corrected chi connectivity index (χ3v) is 6.96. The minimum absolute atomic E-state index is 0.293. The fourth-order valence-corrected chi connectivity index (χ4v) is 5.78. The average molecular weight is 389 g/mol. The van der Waals surface area contributed by atoms with E-state index in [1.54, 1.807) is 24.8 Å². The first kappa shape index (κ1) is 17.9. The number of hydrogen-bond donors (Lipinski definition) is 0. The van der Waals surface area contributed by atoms with Crippen molar-refractivity contribution < 1.29 is 4.79 Å². The molecule has 136 valence electrons. The van der Waals surface area contributed by atoms with E-state index < -0.39 is 10.8 Å². The lowest BCUT2D eigenvalue weighted by molar-refractivity contribution is -0.130. The molecular formula is C21H22Cl2N2O. The summed E-state index contributed by atoms with van der Waals surface area (Å²) in [6, 6.07) is 3.87. The van der Waals surface area contributed by atoms with E-state index in [9.17, 15) is 4.79 Å². The summed E-state index contributed by atoms with van der Waals surface area (Å²) in [5.41, 5.74) is 0.815. The summed E-state index contributed by atoms with van der Waals surface area (Å²) in [4.78, 5) is 22.5. The number of Topliss-reactive ketones (excluding diaryl/α,β-unsaturated/α-hetero) is 1. The van der Waals surface area contributed by atoms with Gasteiger partial charge in [-0.25, -0.2) is 0 Å². The van der Waals surface area contributed by atoms with Crippen LogP contribution in [-0.2, 0) is 15.6 Å². The van der Waals surface area contributed by atoms with Crippen LogP contribution in [0.15, 0.2) is 36.9 Å². The molecule has 2 heterocycles. The largest absolute Gasteiger partial charge is 0.298 e. The Bertz CT molecular complexity index is 757. The predicted molar refractivity (Wildman–Crippen MR) is 104 cm³/mol. The van der Waals surface area contributed by atoms with Gasteiger partial charge in [-0.15, -0.1) is 0 Å². The number of carbonyl (C=O) groups excluding carboxylic acids is 1. The van der Waals surface area contributed by atoms with Crippen LogP contribution in [0.1, 0.15) is 62.5 Å². The zero-order chi connectivity index (χ0) is 18.2. The molecular weight excluding hydrogens is 367 g/mol. The van der Waals surface area contributed by atoms with Crippen LogP contribution in [0.4, 0.5) is 0 Å². The third kappa shape index (κ3) is 2.68. The van der Waals surface area contributed by atoms with E-state index in [1.807, 2.05) is 12.1 Å². The van der Waals surface area contributed by atoms with Gasteiger partial charge in [0.05, 0.1) is 20.9 Å². The normalized spacial score (nSPS) is 21.0. The molecule has 0 saturated heterocycles. The number of nitrogens with zero attached hydrogens (tertiary/aromatic N) is 2. The van der Waals surface area contributed by atoms with Crippen LogP contribution >= 0.6 is 23.2 Å². The van der Waals surface area contributed by atoms with Gasteiger partial charge in [0.25, 0.3) is 0 Å². The van der Waals surface area contributed by atoms with E-state index >= 15 is 0 Å². The van der Waals surface area contributed by atoms with Crippen molar-refractivity contribution in [2.24, 2.45) is 0 Å². The quantitative estimate of drug-likeness (QED) is 0.676. The minimum Gasteiger partial charge on any atom is -0.298 e. The fraction of sp³-hybridized carbons (Fsp3) is 0.476. The second kappa shape index (κ2) is 6.94. The summed E-state index contributed by atoms with van der Waals surface area (Å²) in [6.07, 6.45) is 14.4. The van der Waals surface area contributed by atoms with E-state index in [0.29, 0.717) is 15.8 Å². The lowest BCUT2D eigenvalue weighted by atomic mass is 9.62. The summed E-state index contributed by atoms with van der Waals surface area (Å²) in [5.74, 6) is 0.293. The van der Waals surface area contributed by atoms with Crippen molar-refractivity contribution in [2.45, 2.75) is 62.2 Å². The number of hydrogen-bond acceptors (Lipinski definition) is 3. The summed E-state index contributed by atoms with van der Waals surface area (Å²) in [7, 11) is 0. The standard InChI is InChI=1S/C21H22Cl2N2O/c22-17-13-24-11-5-15(17)20(7-1-2-8-20)19(26)21(9-3-4-10-21)16-6-12-25-14-18(16)23/h5-6,11-14H,1-4,7-10H2. The Hall–Kier alpha value is -1.45. The highest BCUT2D eigenvalue weighted by atomic mass is 35.5. The summed E-state index contributed by atoms with van der Waals surface area (Å²) >= 11 is 13.0. The van der Waals surface area contributed by atoms with E-state index in [2.05, 4.69) is 9.97 Å². The molecule has 2 aliphatic rings. The van der Waals surface area contributed by atoms with Gasteiger partial charge in [0.15, 0.2) is 5.78 Å². The van der Waals surface area contributed by atoms with Crippen LogP contribution in [0.5, 0.6) is 0 Å². The number of aromatic nitrogens is 2. The second-order valence-corrected chi connectivity index (χ2v) is 8.43. The smallest absolute Gasteiger partial charge is 0.153 e. The number of pyridine rings is 2. The Morgan fingerprint density at radius 3 is 1.50 bits per heavy atom. The Morgan fingerprint density at radius 1 is 0.769 bits per heavy atom. The minimum atomic E-state index is -0.531. The van der Waals surface area contributed by atoms with Crippen molar-refractivity contribution in [3.8, 4) is 0 Å². The van der Waals surface area contributed by atoms with Crippen molar-refractivity contribution in [1.29, 1.82) is 0 Å². The Balaban J connectivity index is 1.88. The first-order valence-electron chi connectivity index (χ1n) is 9.35. The monoisotopic (exact) mass is 388 g/mol. The highest BCUT2D eigenvalue weighted by molar-refractivity contribution is 6.32. The van der Waals surface area contributed by atoms with Crippen LogP contribution in [0.25, 0.3) is 0 Å². The van der Waals surface area contributed by atoms with E-state index in [4.69, 9.17) is 23.2 Å². The van der Waals surface area contributed by atoms with Crippen LogP contribution in [-0.4, -0.2) is 15.8 Å². The second-order valence-electron chi connectivity index (χ2n) is 7.62. The first-order valence-corrected chi connectivity index (χ1v) is 10.1. The highest BCUT2D eigenvalue weighted by Crippen LogP contribution is 2.54. The Labute approximate surface area is 164 Å². The maximum absolute atomic E-state index is 14.2. The molecule has 2 aromatic heterocycles. The highest BCUT2D eigenvalue weighted by Gasteiger charge is 2.54. The molecule has 0 bridgehead atoms.